The van der Waals surface area contributed by atoms with Gasteiger partial charge in [-0.05, 0) is 18.2 Å². The number of likely N-dealkylation sites (N-methyl/N-ethyl adjacent to an activating group) is 1. The van der Waals surface area contributed by atoms with Gasteiger partial charge in [0.05, 0.1) is 11.3 Å². The molecule has 0 N–H and O–H groups in total. The molecule has 0 aliphatic carbocycles. The Hall–Kier alpha value is -2.15. The molecular weight excluding hydrogens is 264 g/mol. The van der Waals surface area contributed by atoms with Crippen LogP contribution < -0.4 is 4.90 Å². The molecule has 1 amide bonds. The number of hydrogen-bond acceptors (Lipinski definition) is 5. The summed E-state index contributed by atoms with van der Waals surface area (Å²) in [4.78, 5) is 29.7. The summed E-state index contributed by atoms with van der Waals surface area (Å²) >= 11 is 1.43. The summed E-state index contributed by atoms with van der Waals surface area (Å²) in [5.41, 5.74) is 1.09. The number of aromatic nitrogens is 3. The van der Waals surface area contributed by atoms with Crippen molar-refractivity contribution in [1.29, 1.82) is 0 Å². The molecule has 1 aliphatic heterocycles. The van der Waals surface area contributed by atoms with Crippen molar-refractivity contribution in [3.63, 3.8) is 0 Å². The van der Waals surface area contributed by atoms with Gasteiger partial charge in [-0.1, -0.05) is 11.8 Å². The number of benzene rings is 1. The molecule has 7 heteroatoms. The van der Waals surface area contributed by atoms with Gasteiger partial charge in [0.1, 0.15) is 6.33 Å². The van der Waals surface area contributed by atoms with E-state index in [0.717, 1.165) is 10.1 Å². The van der Waals surface area contributed by atoms with Crippen LogP contribution >= 0.6 is 11.8 Å². The van der Waals surface area contributed by atoms with Gasteiger partial charge in [0.2, 0.25) is 0 Å². The number of nitrogens with zero attached hydrogens (tertiary/aromatic N) is 4. The number of rotatable bonds is 2. The monoisotopic (exact) mass is 274 g/mol. The van der Waals surface area contributed by atoms with Crippen LogP contribution in [0.2, 0.25) is 0 Å². The van der Waals surface area contributed by atoms with Crippen molar-refractivity contribution < 1.29 is 9.59 Å². The first-order chi connectivity index (χ1) is 9.08. The normalized spacial score (nSPS) is 14.1. The fourth-order valence-electron chi connectivity index (χ4n) is 1.90. The first-order valence-electron chi connectivity index (χ1n) is 5.56. The molecular formula is C12H10N4O2S. The second-order valence-electron chi connectivity index (χ2n) is 4.14. The van der Waals surface area contributed by atoms with Gasteiger partial charge in [0, 0.05) is 19.0 Å². The second kappa shape index (κ2) is 4.20. The lowest BCUT2D eigenvalue weighted by Crippen LogP contribution is -2.24. The van der Waals surface area contributed by atoms with Gasteiger partial charge in [-0.2, -0.15) is 5.10 Å². The molecule has 0 spiro atoms. The first kappa shape index (κ1) is 11.9. The fraction of sp³-hybridized carbons (Fsp3) is 0.167. The van der Waals surface area contributed by atoms with Crippen molar-refractivity contribution in [2.75, 3.05) is 11.9 Å². The first-order valence-corrected chi connectivity index (χ1v) is 6.38. The minimum atomic E-state index is -0.490. The van der Waals surface area contributed by atoms with Crippen LogP contribution in [-0.2, 0) is 11.8 Å². The minimum Gasteiger partial charge on any atom is -0.308 e. The van der Waals surface area contributed by atoms with Crippen LogP contribution in [0.1, 0.15) is 10.4 Å². The highest BCUT2D eigenvalue weighted by molar-refractivity contribution is 7.99. The molecule has 96 valence electrons. The topological polar surface area (TPSA) is 68.1 Å². The molecule has 2 heterocycles. The van der Waals surface area contributed by atoms with Crippen molar-refractivity contribution in [3.05, 3.63) is 30.1 Å². The summed E-state index contributed by atoms with van der Waals surface area (Å²) in [6.45, 7) is 0. The number of carbonyl (C=O) groups is 2. The summed E-state index contributed by atoms with van der Waals surface area (Å²) in [5.74, 6) is -0.941. The van der Waals surface area contributed by atoms with Gasteiger partial charge in [0.25, 0.3) is 11.7 Å². The standard InChI is InChI=1S/C12H10N4O2S/c1-15-9-5-7(19-12-13-6-14-16(12)2)3-4-8(9)10(17)11(15)18/h3-6H,1-2H3. The van der Waals surface area contributed by atoms with E-state index < -0.39 is 11.7 Å². The third-order valence-electron chi connectivity index (χ3n) is 2.95. The molecule has 0 bridgehead atoms. The summed E-state index contributed by atoms with van der Waals surface area (Å²) in [5, 5.41) is 4.74. The zero-order valence-electron chi connectivity index (χ0n) is 10.3. The molecule has 0 atom stereocenters. The smallest absolute Gasteiger partial charge is 0.299 e. The number of anilines is 1. The van der Waals surface area contributed by atoms with E-state index in [0.29, 0.717) is 11.3 Å². The Balaban J connectivity index is 1.97. The molecule has 3 rings (SSSR count). The maximum atomic E-state index is 11.7. The van der Waals surface area contributed by atoms with Crippen LogP contribution in [0.15, 0.2) is 34.6 Å². The predicted octanol–water partition coefficient (Wildman–Crippen LogP) is 1.13. The minimum absolute atomic E-state index is 0.451. The lowest BCUT2D eigenvalue weighted by atomic mass is 10.1. The molecule has 0 saturated carbocycles. The van der Waals surface area contributed by atoms with Crippen LogP contribution in [0.4, 0.5) is 5.69 Å². The summed E-state index contributed by atoms with van der Waals surface area (Å²) in [7, 11) is 3.41. The summed E-state index contributed by atoms with van der Waals surface area (Å²) in [6.07, 6.45) is 1.48. The van der Waals surface area contributed by atoms with Crippen molar-refractivity contribution in [2.45, 2.75) is 10.1 Å². The summed E-state index contributed by atoms with van der Waals surface area (Å²) < 4.78 is 1.66. The number of fused-ring (bicyclic) bond motifs is 1. The van der Waals surface area contributed by atoms with E-state index in [4.69, 9.17) is 0 Å². The average molecular weight is 274 g/mol. The maximum Gasteiger partial charge on any atom is 0.299 e. The molecule has 0 saturated heterocycles. The van der Waals surface area contributed by atoms with E-state index in [1.54, 1.807) is 17.8 Å². The third kappa shape index (κ3) is 1.82. The highest BCUT2D eigenvalue weighted by Gasteiger charge is 2.33. The molecule has 19 heavy (non-hydrogen) atoms. The van der Waals surface area contributed by atoms with Gasteiger partial charge in [-0.25, -0.2) is 9.67 Å². The largest absolute Gasteiger partial charge is 0.308 e. The molecule has 1 aromatic carbocycles. The Kier molecular flexibility index (Phi) is 2.63. The zero-order chi connectivity index (χ0) is 13.6. The van der Waals surface area contributed by atoms with Crippen molar-refractivity contribution in [2.24, 2.45) is 7.05 Å². The molecule has 0 radical (unpaired) electrons. The van der Waals surface area contributed by atoms with E-state index in [2.05, 4.69) is 10.1 Å². The number of aryl methyl sites for hydroxylation is 1. The van der Waals surface area contributed by atoms with Crippen molar-refractivity contribution >= 4 is 29.1 Å². The molecule has 1 aliphatic rings. The van der Waals surface area contributed by atoms with Gasteiger partial charge in [-0.3, -0.25) is 9.59 Å². The molecule has 0 fully saturated rings. The van der Waals surface area contributed by atoms with Crippen LogP contribution in [-0.4, -0.2) is 33.5 Å². The molecule has 0 unspecified atom stereocenters. The lowest BCUT2D eigenvalue weighted by Gasteiger charge is -2.09. The Morgan fingerprint density at radius 3 is 2.68 bits per heavy atom. The van der Waals surface area contributed by atoms with Crippen LogP contribution in [0.5, 0.6) is 0 Å². The van der Waals surface area contributed by atoms with Gasteiger partial charge in [-0.15, -0.1) is 0 Å². The predicted molar refractivity (Wildman–Crippen MR) is 69.3 cm³/mol. The Bertz CT molecular complexity index is 695. The van der Waals surface area contributed by atoms with Gasteiger partial charge in [0.15, 0.2) is 5.16 Å². The Labute approximate surface area is 113 Å². The van der Waals surface area contributed by atoms with Gasteiger partial charge >= 0.3 is 0 Å². The summed E-state index contributed by atoms with van der Waals surface area (Å²) in [6, 6.07) is 5.30. The number of ketones is 1. The van der Waals surface area contributed by atoms with Crippen LogP contribution in [0.25, 0.3) is 0 Å². The van der Waals surface area contributed by atoms with E-state index in [9.17, 15) is 9.59 Å². The van der Waals surface area contributed by atoms with Crippen LogP contribution in [0.3, 0.4) is 0 Å². The molecule has 6 nitrogen and oxygen atoms in total. The third-order valence-corrected chi connectivity index (χ3v) is 3.99. The SMILES string of the molecule is CN1C(=O)C(=O)c2ccc(Sc3ncnn3C)cc21. The Morgan fingerprint density at radius 2 is 2.00 bits per heavy atom. The Morgan fingerprint density at radius 1 is 1.21 bits per heavy atom. The van der Waals surface area contributed by atoms with E-state index in [-0.39, 0.29) is 0 Å². The van der Waals surface area contributed by atoms with E-state index in [1.807, 2.05) is 19.2 Å². The molecule has 1 aromatic heterocycles. The van der Waals surface area contributed by atoms with E-state index >= 15 is 0 Å². The lowest BCUT2D eigenvalue weighted by molar-refractivity contribution is -0.114. The number of hydrogen-bond donors (Lipinski definition) is 0. The van der Waals surface area contributed by atoms with E-state index in [1.165, 1.54) is 23.0 Å². The highest BCUT2D eigenvalue weighted by atomic mass is 32.2. The highest BCUT2D eigenvalue weighted by Crippen LogP contribution is 2.34. The quantitative estimate of drug-likeness (QED) is 0.768. The van der Waals surface area contributed by atoms with Crippen LogP contribution in [0, 0.1) is 0 Å². The fourth-order valence-corrected chi connectivity index (χ4v) is 2.70. The average Bonchev–Trinajstić information content (AvgIpc) is 2.89. The number of carbonyl (C=O) groups excluding carboxylic acids is 2. The molecule has 2 aromatic rings. The number of amides is 1. The maximum absolute atomic E-state index is 11.7. The van der Waals surface area contributed by atoms with Crippen molar-refractivity contribution in [1.82, 2.24) is 14.8 Å². The number of Topliss-reactive ketones (excluding diaryl/α,β-unsaturated/α-hetero) is 1. The van der Waals surface area contributed by atoms with Crippen molar-refractivity contribution in [3.8, 4) is 0 Å². The zero-order valence-corrected chi connectivity index (χ0v) is 11.1. The van der Waals surface area contributed by atoms with Gasteiger partial charge < -0.3 is 4.90 Å². The second-order valence-corrected chi connectivity index (χ2v) is 5.18.